The van der Waals surface area contributed by atoms with Crippen molar-refractivity contribution in [2.45, 2.75) is 0 Å². The number of furan rings is 1. The summed E-state index contributed by atoms with van der Waals surface area (Å²) in [6, 6.07) is 29.2. The van der Waals surface area contributed by atoms with E-state index in [9.17, 15) is 5.48 Å². The van der Waals surface area contributed by atoms with E-state index in [-0.39, 0.29) is 32.7 Å². The number of para-hydroxylation sites is 1. The molecule has 0 spiro atoms. The van der Waals surface area contributed by atoms with E-state index in [4.69, 9.17) is 16.8 Å². The van der Waals surface area contributed by atoms with E-state index in [1.165, 1.54) is 0 Å². The maximum absolute atomic E-state index is 9.44. The molecule has 0 aliphatic carbocycles. The molecule has 11 aromatic rings. The van der Waals surface area contributed by atoms with E-state index in [0.717, 1.165) is 43.8 Å². The van der Waals surface area contributed by atoms with E-state index in [1.54, 1.807) is 6.07 Å². The lowest BCUT2D eigenvalue weighted by Crippen LogP contribution is -1.92. The van der Waals surface area contributed by atoms with E-state index in [1.807, 2.05) is 66.7 Å². The van der Waals surface area contributed by atoms with Gasteiger partial charge in [-0.05, 0) is 94.2 Å². The Labute approximate surface area is 325 Å². The average Bonchev–Trinajstić information content (AvgIpc) is 3.72. The fourth-order valence-corrected chi connectivity index (χ4v) is 7.93. The van der Waals surface area contributed by atoms with Gasteiger partial charge in [0, 0.05) is 16.3 Å². The summed E-state index contributed by atoms with van der Waals surface area (Å²) in [6.45, 7) is 0. The summed E-state index contributed by atoms with van der Waals surface area (Å²) in [5.41, 5.74) is 4.63. The van der Waals surface area contributed by atoms with Crippen LogP contribution in [0.1, 0.15) is 17.8 Å². The standard InChI is InChI=1S/C52H32O/c1-2-15-34(16-3-1)50-42-21-8-10-23-44(42)51(45-24-11-9-22-43(45)50)46-31-30-40(38-19-6-7-20-39(38)46)47-26-13-27-48-41-29-28-35(32-49(41)53-52(47)48)37-25-12-17-33-14-4-5-18-36(33)37/h1-32H/i1D,2D,3D,8D,9D,10D,11D,15D,16D,21D,22D,23D,24D. The molecule has 0 N–H and O–H groups in total. The minimum absolute atomic E-state index is 0.0702. The summed E-state index contributed by atoms with van der Waals surface area (Å²) in [5, 5.41) is 4.58. The van der Waals surface area contributed by atoms with Crippen molar-refractivity contribution in [1.82, 2.24) is 0 Å². The molecule has 0 unspecified atom stereocenters. The minimum Gasteiger partial charge on any atom is -0.455 e. The smallest absolute Gasteiger partial charge is 0.143 e. The zero-order valence-electron chi connectivity index (χ0n) is 40.9. The summed E-state index contributed by atoms with van der Waals surface area (Å²) in [5.74, 6) is 0. The summed E-state index contributed by atoms with van der Waals surface area (Å²) in [7, 11) is 0. The first-order chi connectivity index (χ1) is 31.7. The van der Waals surface area contributed by atoms with Gasteiger partial charge in [-0.1, -0.05) is 182 Å². The molecule has 10 aromatic carbocycles. The second-order valence-electron chi connectivity index (χ2n) is 13.0. The van der Waals surface area contributed by atoms with Crippen LogP contribution in [0.25, 0.3) is 110 Å². The summed E-state index contributed by atoms with van der Waals surface area (Å²) < 4.78 is 123. The van der Waals surface area contributed by atoms with Gasteiger partial charge in [0.05, 0.1) is 17.8 Å². The van der Waals surface area contributed by atoms with Crippen LogP contribution < -0.4 is 0 Å². The molecule has 246 valence electrons. The van der Waals surface area contributed by atoms with Crippen LogP contribution in [-0.4, -0.2) is 0 Å². The molecular formula is C52H32O. The van der Waals surface area contributed by atoms with Crippen LogP contribution in [0.15, 0.2) is 198 Å². The van der Waals surface area contributed by atoms with Crippen molar-refractivity contribution >= 4 is 65.0 Å². The minimum atomic E-state index is -0.718. The van der Waals surface area contributed by atoms with Gasteiger partial charge in [0.15, 0.2) is 0 Å². The topological polar surface area (TPSA) is 13.1 Å². The Morgan fingerprint density at radius 2 is 0.906 bits per heavy atom. The molecular weight excluding hydrogens is 641 g/mol. The van der Waals surface area contributed by atoms with E-state index in [0.29, 0.717) is 27.5 Å². The Hall–Kier alpha value is -6.96. The first-order valence-corrected chi connectivity index (χ1v) is 17.2. The van der Waals surface area contributed by atoms with Crippen molar-refractivity contribution in [2.75, 3.05) is 0 Å². The number of fused-ring (bicyclic) bond motifs is 7. The molecule has 11 rings (SSSR count). The Kier molecular flexibility index (Phi) is 4.36. The van der Waals surface area contributed by atoms with Gasteiger partial charge in [0.1, 0.15) is 11.2 Å². The molecule has 0 fully saturated rings. The van der Waals surface area contributed by atoms with Crippen LogP contribution in [0.2, 0.25) is 0 Å². The van der Waals surface area contributed by atoms with Crippen LogP contribution in [0, 0.1) is 0 Å². The highest BCUT2D eigenvalue weighted by atomic mass is 16.3. The third-order valence-corrected chi connectivity index (χ3v) is 10.2. The normalized spacial score (nSPS) is 15.2. The lowest BCUT2D eigenvalue weighted by molar-refractivity contribution is 0.670. The van der Waals surface area contributed by atoms with Gasteiger partial charge in [-0.15, -0.1) is 0 Å². The maximum Gasteiger partial charge on any atom is 0.143 e. The maximum atomic E-state index is 9.44. The lowest BCUT2D eigenvalue weighted by Gasteiger charge is -2.19. The molecule has 0 bridgehead atoms. The van der Waals surface area contributed by atoms with Gasteiger partial charge >= 0.3 is 0 Å². The largest absolute Gasteiger partial charge is 0.455 e. The molecule has 0 aliphatic heterocycles. The molecule has 1 aromatic heterocycles. The number of hydrogen-bond acceptors (Lipinski definition) is 1. The SMILES string of the molecule is [2H]c1c([2H])c([2H])c(-c2c3c([2H])c([2H])c([2H])c([2H])c3c(-c3ccc(-c4cccc5c4oc4cc(-c6cccc7ccccc67)ccc45)c4ccccc34)c3c([2H])c([2H])c([2H])c([2H])c23)c([2H])c1[2H]. The second-order valence-corrected chi connectivity index (χ2v) is 13.0. The average molecular weight is 686 g/mol. The third-order valence-electron chi connectivity index (χ3n) is 10.2. The number of rotatable bonds is 4. The van der Waals surface area contributed by atoms with Crippen LogP contribution in [0.3, 0.4) is 0 Å². The van der Waals surface area contributed by atoms with E-state index >= 15 is 0 Å². The predicted molar refractivity (Wildman–Crippen MR) is 225 cm³/mol. The van der Waals surface area contributed by atoms with Crippen molar-refractivity contribution in [2.24, 2.45) is 0 Å². The molecule has 1 nitrogen and oxygen atoms in total. The molecule has 0 saturated heterocycles. The first kappa shape index (κ1) is 19.6. The van der Waals surface area contributed by atoms with Crippen LogP contribution in [0.5, 0.6) is 0 Å². The first-order valence-electron chi connectivity index (χ1n) is 23.7. The Morgan fingerprint density at radius 3 is 1.66 bits per heavy atom. The molecule has 0 aliphatic rings. The quantitative estimate of drug-likeness (QED) is 0.168. The predicted octanol–water partition coefficient (Wildman–Crippen LogP) is 14.9. The van der Waals surface area contributed by atoms with Gasteiger partial charge in [-0.25, -0.2) is 0 Å². The van der Waals surface area contributed by atoms with Gasteiger partial charge < -0.3 is 4.42 Å². The van der Waals surface area contributed by atoms with Gasteiger partial charge in [-0.3, -0.25) is 0 Å². The van der Waals surface area contributed by atoms with Gasteiger partial charge in [-0.2, -0.15) is 0 Å². The zero-order valence-corrected chi connectivity index (χ0v) is 27.9. The molecule has 53 heavy (non-hydrogen) atoms. The molecule has 0 saturated carbocycles. The number of hydrogen-bond donors (Lipinski definition) is 0. The van der Waals surface area contributed by atoms with Gasteiger partial charge in [0.25, 0.3) is 0 Å². The second kappa shape index (κ2) is 11.8. The Balaban J connectivity index is 1.24. The van der Waals surface area contributed by atoms with Crippen LogP contribution >= 0.6 is 0 Å². The fraction of sp³-hybridized carbons (Fsp3) is 0. The zero-order chi connectivity index (χ0) is 46.2. The van der Waals surface area contributed by atoms with Gasteiger partial charge in [0.2, 0.25) is 0 Å². The summed E-state index contributed by atoms with van der Waals surface area (Å²) in [4.78, 5) is 0. The number of benzene rings is 10. The monoisotopic (exact) mass is 685 g/mol. The summed E-state index contributed by atoms with van der Waals surface area (Å²) >= 11 is 0. The molecule has 0 atom stereocenters. The van der Waals surface area contributed by atoms with Crippen molar-refractivity contribution in [3.8, 4) is 44.5 Å². The van der Waals surface area contributed by atoms with E-state index < -0.39 is 84.1 Å². The highest BCUT2D eigenvalue weighted by Crippen LogP contribution is 2.47. The van der Waals surface area contributed by atoms with Crippen molar-refractivity contribution < 1.29 is 22.2 Å². The fourth-order valence-electron chi connectivity index (χ4n) is 7.93. The Morgan fingerprint density at radius 1 is 0.340 bits per heavy atom. The molecule has 1 heterocycles. The highest BCUT2D eigenvalue weighted by Gasteiger charge is 2.20. The van der Waals surface area contributed by atoms with Crippen molar-refractivity contribution in [1.29, 1.82) is 0 Å². The third kappa shape index (κ3) is 4.58. The van der Waals surface area contributed by atoms with Crippen molar-refractivity contribution in [3.63, 3.8) is 0 Å². The lowest BCUT2D eigenvalue weighted by atomic mass is 9.84. The van der Waals surface area contributed by atoms with Crippen molar-refractivity contribution in [3.05, 3.63) is 194 Å². The molecule has 0 radical (unpaired) electrons. The van der Waals surface area contributed by atoms with E-state index in [2.05, 4.69) is 42.5 Å². The molecule has 1 heteroatoms. The Bertz CT molecular complexity index is 3870. The summed E-state index contributed by atoms with van der Waals surface area (Å²) in [6.07, 6.45) is 0. The van der Waals surface area contributed by atoms with Crippen LogP contribution in [0.4, 0.5) is 0 Å². The van der Waals surface area contributed by atoms with Crippen LogP contribution in [-0.2, 0) is 0 Å². The highest BCUT2D eigenvalue weighted by molar-refractivity contribution is 6.24. The molecule has 0 amide bonds.